The third kappa shape index (κ3) is 3.41. The van der Waals surface area contributed by atoms with Gasteiger partial charge in [0, 0.05) is 11.1 Å². The molecule has 3 aromatic carbocycles. The van der Waals surface area contributed by atoms with E-state index in [1.54, 1.807) is 60.7 Å². The lowest BCUT2D eigenvalue weighted by molar-refractivity contribution is 0.588. The van der Waals surface area contributed by atoms with Crippen LogP contribution >= 0.6 is 0 Å². The Morgan fingerprint density at radius 2 is 1.48 bits per heavy atom. The second-order valence-electron chi connectivity index (χ2n) is 6.12. The second-order valence-corrected chi connectivity index (χ2v) is 7.97. The van der Waals surface area contributed by atoms with Gasteiger partial charge in [-0.3, -0.25) is 0 Å². The van der Waals surface area contributed by atoms with Crippen molar-refractivity contribution in [3.8, 4) is 28.2 Å². The van der Waals surface area contributed by atoms with Crippen LogP contribution in [0.1, 0.15) is 0 Å². The Hall–Kier alpha value is -3.43. The van der Waals surface area contributed by atoms with Gasteiger partial charge in [-0.2, -0.15) is 4.68 Å². The van der Waals surface area contributed by atoms with E-state index in [-0.39, 0.29) is 10.6 Å². The molecule has 0 saturated heterocycles. The fourth-order valence-electron chi connectivity index (χ4n) is 3.09. The molecule has 146 valence electrons. The SMILES string of the molecule is CNS(=O)(=O)c1ccccc1-c1ccccc1-c1nnnn1-c1ccccc1F. The Morgan fingerprint density at radius 1 is 0.862 bits per heavy atom. The summed E-state index contributed by atoms with van der Waals surface area (Å²) in [5.41, 5.74) is 1.85. The van der Waals surface area contributed by atoms with Crippen molar-refractivity contribution in [3.63, 3.8) is 0 Å². The molecule has 1 N–H and O–H groups in total. The van der Waals surface area contributed by atoms with Crippen LogP contribution in [0.25, 0.3) is 28.2 Å². The second kappa shape index (κ2) is 7.53. The smallest absolute Gasteiger partial charge is 0.214 e. The van der Waals surface area contributed by atoms with Gasteiger partial charge in [0.05, 0.1) is 4.90 Å². The molecule has 7 nitrogen and oxygen atoms in total. The average molecular weight is 409 g/mol. The lowest BCUT2D eigenvalue weighted by Crippen LogP contribution is -2.19. The molecular formula is C20H16FN5O2S. The van der Waals surface area contributed by atoms with Gasteiger partial charge in [-0.25, -0.2) is 17.5 Å². The van der Waals surface area contributed by atoms with Crippen molar-refractivity contribution in [1.29, 1.82) is 0 Å². The van der Waals surface area contributed by atoms with E-state index in [1.165, 1.54) is 23.9 Å². The highest BCUT2D eigenvalue weighted by atomic mass is 32.2. The topological polar surface area (TPSA) is 89.8 Å². The van der Waals surface area contributed by atoms with Crippen LogP contribution in [0.2, 0.25) is 0 Å². The van der Waals surface area contributed by atoms with Crippen molar-refractivity contribution < 1.29 is 12.8 Å². The highest BCUT2D eigenvalue weighted by Crippen LogP contribution is 2.35. The van der Waals surface area contributed by atoms with Crippen molar-refractivity contribution in [2.45, 2.75) is 4.90 Å². The predicted molar refractivity (Wildman–Crippen MR) is 106 cm³/mol. The van der Waals surface area contributed by atoms with Crippen molar-refractivity contribution in [2.24, 2.45) is 0 Å². The molecule has 0 bridgehead atoms. The van der Waals surface area contributed by atoms with Crippen LogP contribution in [0.3, 0.4) is 0 Å². The van der Waals surface area contributed by atoms with E-state index in [2.05, 4.69) is 20.2 Å². The van der Waals surface area contributed by atoms with Crippen LogP contribution < -0.4 is 4.72 Å². The lowest BCUT2D eigenvalue weighted by Gasteiger charge is -2.14. The van der Waals surface area contributed by atoms with Gasteiger partial charge in [0.2, 0.25) is 10.0 Å². The zero-order valence-electron chi connectivity index (χ0n) is 15.3. The summed E-state index contributed by atoms with van der Waals surface area (Å²) in [6.07, 6.45) is 0. The van der Waals surface area contributed by atoms with Crippen LogP contribution in [-0.4, -0.2) is 35.7 Å². The summed E-state index contributed by atoms with van der Waals surface area (Å²) in [6, 6.07) is 19.9. The first-order valence-corrected chi connectivity index (χ1v) is 10.2. The number of halogens is 1. The molecule has 0 spiro atoms. The maximum Gasteiger partial charge on any atom is 0.240 e. The van der Waals surface area contributed by atoms with Crippen molar-refractivity contribution in [1.82, 2.24) is 24.9 Å². The molecule has 0 amide bonds. The number of hydrogen-bond acceptors (Lipinski definition) is 5. The van der Waals surface area contributed by atoms with Gasteiger partial charge < -0.3 is 0 Å². The molecule has 0 atom stereocenters. The highest BCUT2D eigenvalue weighted by molar-refractivity contribution is 7.89. The molecular weight excluding hydrogens is 393 g/mol. The Morgan fingerprint density at radius 3 is 2.21 bits per heavy atom. The standard InChI is InChI=1S/C20H16FN5O2S/c1-22-29(27,28)19-13-7-4-9-15(19)14-8-2-3-10-16(14)20-23-24-25-26(20)18-12-6-5-11-17(18)21/h2-13,22H,1H3. The Bertz CT molecular complexity index is 1290. The molecule has 29 heavy (non-hydrogen) atoms. The van der Waals surface area contributed by atoms with E-state index in [1.807, 2.05) is 0 Å². The average Bonchev–Trinajstić information content (AvgIpc) is 3.23. The molecule has 1 heterocycles. The highest BCUT2D eigenvalue weighted by Gasteiger charge is 2.22. The van der Waals surface area contributed by atoms with E-state index in [4.69, 9.17) is 0 Å². The summed E-state index contributed by atoms with van der Waals surface area (Å²) in [5, 5.41) is 11.7. The predicted octanol–water partition coefficient (Wildman–Crippen LogP) is 3.04. The molecule has 1 aromatic heterocycles. The van der Waals surface area contributed by atoms with Gasteiger partial charge in [-0.15, -0.1) is 5.10 Å². The molecule has 9 heteroatoms. The minimum Gasteiger partial charge on any atom is -0.214 e. The van der Waals surface area contributed by atoms with Crippen LogP contribution in [0.5, 0.6) is 0 Å². The number of sulfonamides is 1. The fourth-order valence-corrected chi connectivity index (χ4v) is 4.03. The third-order valence-corrected chi connectivity index (χ3v) is 5.93. The van der Waals surface area contributed by atoms with E-state index in [9.17, 15) is 12.8 Å². The minimum atomic E-state index is -3.70. The number of nitrogens with zero attached hydrogens (tertiary/aromatic N) is 4. The van der Waals surface area contributed by atoms with Gasteiger partial charge in [0.1, 0.15) is 11.5 Å². The van der Waals surface area contributed by atoms with Gasteiger partial charge in [-0.1, -0.05) is 54.6 Å². The summed E-state index contributed by atoms with van der Waals surface area (Å²) >= 11 is 0. The minimum absolute atomic E-state index is 0.125. The third-order valence-electron chi connectivity index (χ3n) is 4.45. The number of para-hydroxylation sites is 1. The number of hydrogen-bond donors (Lipinski definition) is 1. The number of benzene rings is 3. The first-order valence-electron chi connectivity index (χ1n) is 8.68. The van der Waals surface area contributed by atoms with Crippen LogP contribution in [0, 0.1) is 5.82 Å². The first kappa shape index (κ1) is 18.9. The summed E-state index contributed by atoms with van der Waals surface area (Å²) < 4.78 is 43.0. The normalized spacial score (nSPS) is 11.5. The largest absolute Gasteiger partial charge is 0.240 e. The zero-order valence-corrected chi connectivity index (χ0v) is 16.1. The van der Waals surface area contributed by atoms with E-state index in [0.29, 0.717) is 22.5 Å². The zero-order chi connectivity index (χ0) is 20.4. The molecule has 0 aliphatic carbocycles. The maximum atomic E-state index is 14.3. The van der Waals surface area contributed by atoms with E-state index < -0.39 is 15.8 Å². The van der Waals surface area contributed by atoms with Crippen molar-refractivity contribution in [3.05, 3.63) is 78.6 Å². The summed E-state index contributed by atoms with van der Waals surface area (Å²) in [7, 11) is -2.34. The maximum absolute atomic E-state index is 14.3. The van der Waals surface area contributed by atoms with Gasteiger partial charge in [-0.05, 0) is 41.2 Å². The molecule has 0 aliphatic heterocycles. The van der Waals surface area contributed by atoms with E-state index >= 15 is 0 Å². The number of aromatic nitrogens is 4. The molecule has 0 fully saturated rings. The number of nitrogens with one attached hydrogen (secondary N) is 1. The van der Waals surface area contributed by atoms with Crippen LogP contribution in [0.15, 0.2) is 77.7 Å². The van der Waals surface area contributed by atoms with Crippen molar-refractivity contribution in [2.75, 3.05) is 7.05 Å². The first-order chi connectivity index (χ1) is 14.0. The number of tetrazole rings is 1. The molecule has 0 saturated carbocycles. The summed E-state index contributed by atoms with van der Waals surface area (Å²) in [4.78, 5) is 0.125. The Kier molecular flexibility index (Phi) is 4.91. The number of rotatable bonds is 5. The molecule has 4 rings (SSSR count). The van der Waals surface area contributed by atoms with Crippen LogP contribution in [0.4, 0.5) is 4.39 Å². The molecule has 0 unspecified atom stereocenters. The van der Waals surface area contributed by atoms with Gasteiger partial charge in [0.25, 0.3) is 0 Å². The fraction of sp³-hybridized carbons (Fsp3) is 0.0500. The summed E-state index contributed by atoms with van der Waals surface area (Å²) in [5.74, 6) is -0.181. The van der Waals surface area contributed by atoms with Gasteiger partial charge in [0.15, 0.2) is 5.82 Å². The Balaban J connectivity index is 1.96. The molecule has 0 radical (unpaired) electrons. The van der Waals surface area contributed by atoms with Gasteiger partial charge >= 0.3 is 0 Å². The summed E-state index contributed by atoms with van der Waals surface area (Å²) in [6.45, 7) is 0. The molecule has 4 aromatic rings. The Labute approximate surface area is 166 Å². The van der Waals surface area contributed by atoms with Crippen molar-refractivity contribution >= 4 is 10.0 Å². The van der Waals surface area contributed by atoms with E-state index in [0.717, 1.165) is 0 Å². The quantitative estimate of drug-likeness (QED) is 0.547. The monoisotopic (exact) mass is 409 g/mol. The lowest BCUT2D eigenvalue weighted by atomic mass is 9.99. The van der Waals surface area contributed by atoms with Crippen LogP contribution in [-0.2, 0) is 10.0 Å². The molecule has 0 aliphatic rings.